The third-order valence-corrected chi connectivity index (χ3v) is 3.05. The van der Waals surface area contributed by atoms with Crippen LogP contribution in [0.3, 0.4) is 0 Å². The first-order valence-electron chi connectivity index (χ1n) is 6.57. The summed E-state index contributed by atoms with van der Waals surface area (Å²) in [7, 11) is 0. The Labute approximate surface area is 110 Å². The van der Waals surface area contributed by atoms with E-state index in [4.69, 9.17) is 5.73 Å². The van der Waals surface area contributed by atoms with Crippen molar-refractivity contribution in [3.8, 4) is 0 Å². The van der Waals surface area contributed by atoms with E-state index >= 15 is 0 Å². The molecule has 0 unspecified atom stereocenters. The van der Waals surface area contributed by atoms with Crippen molar-refractivity contribution < 1.29 is 9.59 Å². The quantitative estimate of drug-likeness (QED) is 0.321. The molecule has 0 bridgehead atoms. The zero-order valence-electron chi connectivity index (χ0n) is 10.6. The van der Waals surface area contributed by atoms with Crippen molar-refractivity contribution in [1.29, 1.82) is 0 Å². The summed E-state index contributed by atoms with van der Waals surface area (Å²) in [4.78, 5) is 21.6. The molecule has 0 saturated heterocycles. The minimum absolute atomic E-state index is 0.0220. The predicted molar refractivity (Wildman–Crippen MR) is 74.2 cm³/mol. The number of hydrogen-bond acceptors (Lipinski definition) is 3. The van der Waals surface area contributed by atoms with Gasteiger partial charge in [0, 0.05) is 6.42 Å². The molecule has 0 rings (SSSR count). The molecule has 1 amide bonds. The fourth-order valence-electron chi connectivity index (χ4n) is 1.78. The second kappa shape index (κ2) is 12.0. The van der Waals surface area contributed by atoms with Gasteiger partial charge in [0.2, 0.25) is 5.91 Å². The number of thiol groups is 1. The smallest absolute Gasteiger partial charge is 0.224 e. The van der Waals surface area contributed by atoms with Crippen LogP contribution in [0, 0.1) is 0 Å². The van der Waals surface area contributed by atoms with Crippen molar-refractivity contribution in [1.82, 2.24) is 0 Å². The molecule has 0 heterocycles. The average Bonchev–Trinajstić information content (AvgIpc) is 2.26. The van der Waals surface area contributed by atoms with Gasteiger partial charge < -0.3 is 5.73 Å². The Balaban J connectivity index is 3.13. The number of carbonyl (C=O) groups is 2. The lowest BCUT2D eigenvalue weighted by Crippen LogP contribution is -2.15. The maximum atomic E-state index is 11.2. The van der Waals surface area contributed by atoms with E-state index < -0.39 is 5.91 Å². The molecule has 0 aliphatic rings. The Kier molecular flexibility index (Phi) is 11.6. The normalized spacial score (nSPS) is 10.4. The van der Waals surface area contributed by atoms with E-state index in [0.29, 0.717) is 6.42 Å². The molecule has 0 spiro atoms. The van der Waals surface area contributed by atoms with Crippen LogP contribution < -0.4 is 5.73 Å². The average molecular weight is 259 g/mol. The van der Waals surface area contributed by atoms with Crippen LogP contribution in [0.5, 0.6) is 0 Å². The van der Waals surface area contributed by atoms with E-state index in [0.717, 1.165) is 18.6 Å². The number of primary amides is 1. The Morgan fingerprint density at radius 2 is 1.29 bits per heavy atom. The van der Waals surface area contributed by atoms with Gasteiger partial charge in [0.15, 0.2) is 0 Å². The number of rotatable bonds is 12. The van der Waals surface area contributed by atoms with Gasteiger partial charge in [0.1, 0.15) is 5.78 Å². The van der Waals surface area contributed by atoms with Gasteiger partial charge in [-0.25, -0.2) is 0 Å². The van der Waals surface area contributed by atoms with Crippen molar-refractivity contribution in [3.05, 3.63) is 0 Å². The molecule has 4 heteroatoms. The third-order valence-electron chi connectivity index (χ3n) is 2.74. The number of ketones is 1. The molecule has 0 aromatic carbocycles. The molecule has 0 fully saturated rings. The predicted octanol–water partition coefficient (Wildman–Crippen LogP) is 2.87. The molecule has 0 aliphatic carbocycles. The van der Waals surface area contributed by atoms with Crippen LogP contribution in [0.4, 0.5) is 0 Å². The highest BCUT2D eigenvalue weighted by Gasteiger charge is 2.04. The van der Waals surface area contributed by atoms with Crippen LogP contribution in [-0.4, -0.2) is 17.4 Å². The van der Waals surface area contributed by atoms with Gasteiger partial charge in [-0.3, -0.25) is 9.59 Å². The Morgan fingerprint density at radius 1 is 0.824 bits per heavy atom. The zero-order chi connectivity index (χ0) is 12.9. The summed E-state index contributed by atoms with van der Waals surface area (Å²) >= 11 is 4.17. The second-order valence-corrected chi connectivity index (χ2v) is 4.93. The van der Waals surface area contributed by atoms with Gasteiger partial charge in [-0.05, 0) is 18.6 Å². The summed E-state index contributed by atoms with van der Waals surface area (Å²) in [5, 5.41) is 0. The Bertz CT molecular complexity index is 219. The minimum Gasteiger partial charge on any atom is -0.369 e. The summed E-state index contributed by atoms with van der Waals surface area (Å²) in [6.07, 6.45) is 9.88. The van der Waals surface area contributed by atoms with Crippen molar-refractivity contribution >= 4 is 24.3 Å². The highest BCUT2D eigenvalue weighted by Crippen LogP contribution is 2.10. The van der Waals surface area contributed by atoms with Crippen LogP contribution >= 0.6 is 12.6 Å². The molecular weight excluding hydrogens is 234 g/mol. The van der Waals surface area contributed by atoms with Crippen molar-refractivity contribution in [3.63, 3.8) is 0 Å². The van der Waals surface area contributed by atoms with Crippen molar-refractivity contribution in [2.75, 3.05) is 5.75 Å². The van der Waals surface area contributed by atoms with Crippen LogP contribution in [0.15, 0.2) is 0 Å². The van der Waals surface area contributed by atoms with Crippen molar-refractivity contribution in [2.24, 2.45) is 5.73 Å². The van der Waals surface area contributed by atoms with Crippen LogP contribution in [0.2, 0.25) is 0 Å². The summed E-state index contributed by atoms with van der Waals surface area (Å²) < 4.78 is 0. The van der Waals surface area contributed by atoms with Gasteiger partial charge in [0.05, 0.1) is 6.42 Å². The number of Topliss-reactive ketones (excluding diaryl/α,β-unsaturated/α-hetero) is 1. The summed E-state index contributed by atoms with van der Waals surface area (Å²) in [5.41, 5.74) is 4.94. The molecular formula is C13H25NO2S. The molecule has 0 aromatic rings. The molecule has 17 heavy (non-hydrogen) atoms. The lowest BCUT2D eigenvalue weighted by atomic mass is 10.1. The number of nitrogens with two attached hydrogens (primary N) is 1. The van der Waals surface area contributed by atoms with E-state index in [1.54, 1.807) is 0 Å². The maximum Gasteiger partial charge on any atom is 0.224 e. The molecule has 0 aliphatic heterocycles. The number of amides is 1. The zero-order valence-corrected chi connectivity index (χ0v) is 11.5. The van der Waals surface area contributed by atoms with Crippen LogP contribution in [-0.2, 0) is 9.59 Å². The lowest BCUT2D eigenvalue weighted by molar-refractivity contribution is -0.126. The molecule has 0 radical (unpaired) electrons. The Morgan fingerprint density at radius 3 is 1.76 bits per heavy atom. The molecule has 0 saturated carbocycles. The molecule has 0 atom stereocenters. The third kappa shape index (κ3) is 13.4. The van der Waals surface area contributed by atoms with Gasteiger partial charge in [-0.1, -0.05) is 38.5 Å². The van der Waals surface area contributed by atoms with Gasteiger partial charge in [0.25, 0.3) is 0 Å². The Hall–Kier alpha value is -0.510. The molecule has 2 N–H and O–H groups in total. The maximum absolute atomic E-state index is 11.2. The van der Waals surface area contributed by atoms with E-state index in [-0.39, 0.29) is 12.2 Å². The second-order valence-electron chi connectivity index (χ2n) is 4.48. The standard InChI is InChI=1S/C13H25NO2S/c14-13(16)11-12(15)9-7-5-3-1-2-4-6-8-10-17/h17H,1-11H2,(H2,14,16). The first-order chi connectivity index (χ1) is 8.16. The molecule has 3 nitrogen and oxygen atoms in total. The summed E-state index contributed by atoms with van der Waals surface area (Å²) in [5.74, 6) is 0.451. The monoisotopic (exact) mass is 259 g/mol. The lowest BCUT2D eigenvalue weighted by Gasteiger charge is -2.01. The molecule has 0 aromatic heterocycles. The van der Waals surface area contributed by atoms with Gasteiger partial charge in [-0.2, -0.15) is 12.6 Å². The minimum atomic E-state index is -0.515. The fourth-order valence-corrected chi connectivity index (χ4v) is 2.00. The largest absolute Gasteiger partial charge is 0.369 e. The summed E-state index contributed by atoms with van der Waals surface area (Å²) in [6, 6.07) is 0. The number of carbonyl (C=O) groups excluding carboxylic acids is 2. The van der Waals surface area contributed by atoms with Crippen LogP contribution in [0.1, 0.15) is 64.2 Å². The number of hydrogen-bond donors (Lipinski definition) is 2. The topological polar surface area (TPSA) is 60.2 Å². The van der Waals surface area contributed by atoms with E-state index in [9.17, 15) is 9.59 Å². The molecule has 100 valence electrons. The highest BCUT2D eigenvalue weighted by molar-refractivity contribution is 7.80. The van der Waals surface area contributed by atoms with E-state index in [1.807, 2.05) is 0 Å². The first kappa shape index (κ1) is 16.5. The van der Waals surface area contributed by atoms with Gasteiger partial charge in [-0.15, -0.1) is 0 Å². The SMILES string of the molecule is NC(=O)CC(=O)CCCCCCCCCCS. The highest BCUT2D eigenvalue weighted by atomic mass is 32.1. The van der Waals surface area contributed by atoms with Crippen LogP contribution in [0.25, 0.3) is 0 Å². The first-order valence-corrected chi connectivity index (χ1v) is 7.21. The van der Waals surface area contributed by atoms with Gasteiger partial charge >= 0.3 is 0 Å². The fraction of sp³-hybridized carbons (Fsp3) is 0.846. The van der Waals surface area contributed by atoms with E-state index in [2.05, 4.69) is 12.6 Å². The summed E-state index contributed by atoms with van der Waals surface area (Å²) in [6.45, 7) is 0. The van der Waals surface area contributed by atoms with Crippen molar-refractivity contribution in [2.45, 2.75) is 64.2 Å². The van der Waals surface area contributed by atoms with E-state index in [1.165, 1.54) is 38.5 Å². The number of unbranched alkanes of at least 4 members (excludes halogenated alkanes) is 7.